The fourth-order valence-corrected chi connectivity index (χ4v) is 10.7. The second-order valence-electron chi connectivity index (χ2n) is 17.5. The predicted molar refractivity (Wildman–Crippen MR) is 289 cm³/mol. The van der Waals surface area contributed by atoms with E-state index in [-0.39, 0.29) is 0 Å². The first kappa shape index (κ1) is 40.4. The average molecular weight is 893 g/mol. The Hall–Kier alpha value is -9.88. The molecule has 2 heterocycles. The number of aromatic nitrogens is 2. The summed E-state index contributed by atoms with van der Waals surface area (Å²) in [6, 6.07) is 89.7. The highest BCUT2D eigenvalue weighted by Gasteiger charge is 2.27. The van der Waals surface area contributed by atoms with Gasteiger partial charge in [-0.1, -0.05) is 133 Å². The van der Waals surface area contributed by atoms with Gasteiger partial charge in [0.15, 0.2) is 0 Å². The van der Waals surface area contributed by atoms with E-state index in [2.05, 4.69) is 237 Å². The molecular weight excluding hydrogens is 853 g/mol. The molecule has 0 aliphatic heterocycles. The standard InChI is InChI=1S/C64H40N6/c65-41-45-31-36-61(69-57-37-32-50(67(46-19-5-1-6-20-46)47-21-7-2-8-22-47)39-54(57)62-52-27-15-13-17-43(52)29-34-59(62)69)64(56(45)42-66)70-58-38-33-51(68(48-23-9-3-10-24-48)49-25-11-4-12-26-49)40-55(58)63-53-28-16-14-18-44(53)30-35-60(63)70/h1-40H. The summed E-state index contributed by atoms with van der Waals surface area (Å²) in [6.07, 6.45) is 0. The average Bonchev–Trinajstić information content (AvgIpc) is 3.94. The first-order chi connectivity index (χ1) is 34.7. The molecule has 0 saturated heterocycles. The molecule has 13 aromatic rings. The smallest absolute Gasteiger partial charge is 0.103 e. The van der Waals surface area contributed by atoms with E-state index in [0.717, 1.165) is 105 Å². The maximum Gasteiger partial charge on any atom is 0.103 e. The van der Waals surface area contributed by atoms with Crippen molar-refractivity contribution in [1.82, 2.24) is 9.13 Å². The van der Waals surface area contributed by atoms with E-state index in [1.54, 1.807) is 6.07 Å². The van der Waals surface area contributed by atoms with Crippen LogP contribution in [0.25, 0.3) is 76.5 Å². The number of fused-ring (bicyclic) bond motifs is 10. The number of nitrogens with zero attached hydrogens (tertiary/aromatic N) is 6. The highest BCUT2D eigenvalue weighted by Crippen LogP contribution is 2.46. The lowest BCUT2D eigenvalue weighted by molar-refractivity contribution is 1.08. The second kappa shape index (κ2) is 16.5. The highest BCUT2D eigenvalue weighted by molar-refractivity contribution is 6.24. The van der Waals surface area contributed by atoms with Gasteiger partial charge in [-0.2, -0.15) is 10.5 Å². The summed E-state index contributed by atoms with van der Waals surface area (Å²) < 4.78 is 4.53. The largest absolute Gasteiger partial charge is 0.310 e. The van der Waals surface area contributed by atoms with Gasteiger partial charge in [0.25, 0.3) is 0 Å². The molecule has 11 aromatic carbocycles. The van der Waals surface area contributed by atoms with Crippen molar-refractivity contribution in [2.75, 3.05) is 9.80 Å². The lowest BCUT2D eigenvalue weighted by Gasteiger charge is -2.26. The monoisotopic (exact) mass is 892 g/mol. The molecule has 6 heteroatoms. The van der Waals surface area contributed by atoms with Crippen molar-refractivity contribution in [2.24, 2.45) is 0 Å². The first-order valence-corrected chi connectivity index (χ1v) is 23.4. The van der Waals surface area contributed by atoms with Crippen LogP contribution < -0.4 is 9.80 Å². The van der Waals surface area contributed by atoms with Crippen molar-refractivity contribution in [3.05, 3.63) is 254 Å². The van der Waals surface area contributed by atoms with Crippen LogP contribution >= 0.6 is 0 Å². The molecule has 0 aliphatic rings. The van der Waals surface area contributed by atoms with Crippen LogP contribution in [0.1, 0.15) is 11.1 Å². The molecular formula is C64H40N6. The molecule has 13 rings (SSSR count). The van der Waals surface area contributed by atoms with Crippen LogP contribution in [0.4, 0.5) is 34.1 Å². The van der Waals surface area contributed by atoms with Crippen LogP contribution in [-0.2, 0) is 0 Å². The SMILES string of the molecule is N#Cc1ccc(-n2c3ccc(N(c4ccccc4)c4ccccc4)cc3c3c4ccccc4ccc32)c(-n2c3ccc(N(c4ccccc4)c4ccccc4)cc3c3c4ccccc4ccc32)c1C#N. The molecule has 0 amide bonds. The van der Waals surface area contributed by atoms with E-state index in [1.165, 1.54) is 0 Å². The Labute approximate surface area is 404 Å². The maximum atomic E-state index is 11.4. The Bertz CT molecular complexity index is 4180. The van der Waals surface area contributed by atoms with E-state index < -0.39 is 0 Å². The van der Waals surface area contributed by atoms with Gasteiger partial charge < -0.3 is 18.9 Å². The van der Waals surface area contributed by atoms with Crippen LogP contribution in [0, 0.1) is 22.7 Å². The lowest BCUT2D eigenvalue weighted by Crippen LogP contribution is -2.10. The molecule has 326 valence electrons. The third-order valence-corrected chi connectivity index (χ3v) is 13.7. The summed E-state index contributed by atoms with van der Waals surface area (Å²) in [4.78, 5) is 4.58. The topological polar surface area (TPSA) is 63.9 Å². The zero-order valence-corrected chi connectivity index (χ0v) is 37.8. The zero-order chi connectivity index (χ0) is 46.7. The van der Waals surface area contributed by atoms with Crippen molar-refractivity contribution in [2.45, 2.75) is 0 Å². The Kier molecular flexibility index (Phi) is 9.50. The molecule has 0 N–H and O–H groups in total. The molecule has 0 bridgehead atoms. The van der Waals surface area contributed by atoms with Gasteiger partial charge in [0.05, 0.1) is 44.6 Å². The van der Waals surface area contributed by atoms with Crippen LogP contribution in [0.5, 0.6) is 0 Å². The molecule has 0 unspecified atom stereocenters. The summed E-state index contributed by atoms with van der Waals surface area (Å²) in [5.41, 5.74) is 12.0. The number of nitriles is 2. The Morgan fingerprint density at radius 2 is 0.714 bits per heavy atom. The van der Waals surface area contributed by atoms with E-state index in [0.29, 0.717) is 16.8 Å². The lowest BCUT2D eigenvalue weighted by atomic mass is 10.0. The summed E-state index contributed by atoms with van der Waals surface area (Å²) in [7, 11) is 0. The van der Waals surface area contributed by atoms with Gasteiger partial charge in [-0.05, 0) is 131 Å². The molecule has 0 radical (unpaired) electrons. The number of hydrogen-bond donors (Lipinski definition) is 0. The molecule has 70 heavy (non-hydrogen) atoms. The normalized spacial score (nSPS) is 11.4. The van der Waals surface area contributed by atoms with Gasteiger partial charge in [0.2, 0.25) is 0 Å². The molecule has 2 aromatic heterocycles. The number of anilines is 6. The fourth-order valence-electron chi connectivity index (χ4n) is 10.7. The Balaban J connectivity index is 1.14. The molecule has 0 atom stereocenters. The van der Waals surface area contributed by atoms with Crippen LogP contribution in [-0.4, -0.2) is 9.13 Å². The summed E-state index contributed by atoms with van der Waals surface area (Å²) in [5.74, 6) is 0. The van der Waals surface area contributed by atoms with E-state index in [4.69, 9.17) is 0 Å². The quantitative estimate of drug-likeness (QED) is 0.152. The van der Waals surface area contributed by atoms with Gasteiger partial charge in [0.1, 0.15) is 12.1 Å². The molecule has 0 aliphatic carbocycles. The summed E-state index contributed by atoms with van der Waals surface area (Å²) in [5, 5.41) is 30.9. The summed E-state index contributed by atoms with van der Waals surface area (Å²) >= 11 is 0. The van der Waals surface area contributed by atoms with E-state index >= 15 is 0 Å². The van der Waals surface area contributed by atoms with Crippen LogP contribution in [0.3, 0.4) is 0 Å². The van der Waals surface area contributed by atoms with Crippen molar-refractivity contribution in [3.8, 4) is 23.5 Å². The Morgan fingerprint density at radius 3 is 1.16 bits per heavy atom. The Morgan fingerprint density at radius 1 is 0.314 bits per heavy atom. The predicted octanol–water partition coefficient (Wildman–Crippen LogP) is 16.9. The molecule has 0 fully saturated rings. The minimum atomic E-state index is 0.304. The second-order valence-corrected chi connectivity index (χ2v) is 17.5. The zero-order valence-electron chi connectivity index (χ0n) is 37.8. The van der Waals surface area contributed by atoms with Gasteiger partial charge in [-0.25, -0.2) is 0 Å². The first-order valence-electron chi connectivity index (χ1n) is 23.4. The molecule has 6 nitrogen and oxygen atoms in total. The maximum absolute atomic E-state index is 11.4. The van der Waals surface area contributed by atoms with Crippen LogP contribution in [0.2, 0.25) is 0 Å². The van der Waals surface area contributed by atoms with Crippen molar-refractivity contribution in [3.63, 3.8) is 0 Å². The van der Waals surface area contributed by atoms with Gasteiger partial charge in [-0.15, -0.1) is 0 Å². The van der Waals surface area contributed by atoms with Gasteiger partial charge in [0, 0.05) is 55.7 Å². The molecule has 0 spiro atoms. The van der Waals surface area contributed by atoms with Crippen molar-refractivity contribution in [1.29, 1.82) is 10.5 Å². The van der Waals surface area contributed by atoms with E-state index in [9.17, 15) is 10.5 Å². The van der Waals surface area contributed by atoms with Gasteiger partial charge in [-0.3, -0.25) is 0 Å². The number of hydrogen-bond acceptors (Lipinski definition) is 4. The van der Waals surface area contributed by atoms with E-state index in [1.807, 2.05) is 30.3 Å². The number of benzene rings is 11. The minimum Gasteiger partial charge on any atom is -0.310 e. The number of para-hydroxylation sites is 4. The van der Waals surface area contributed by atoms with Crippen molar-refractivity contribution < 1.29 is 0 Å². The van der Waals surface area contributed by atoms with Crippen LogP contribution in [0.15, 0.2) is 243 Å². The highest BCUT2D eigenvalue weighted by atomic mass is 15.2. The number of rotatable bonds is 8. The fraction of sp³-hybridized carbons (Fsp3) is 0. The third kappa shape index (κ3) is 6.33. The van der Waals surface area contributed by atoms with Gasteiger partial charge >= 0.3 is 0 Å². The molecule has 0 saturated carbocycles. The third-order valence-electron chi connectivity index (χ3n) is 13.7. The minimum absolute atomic E-state index is 0.304. The summed E-state index contributed by atoms with van der Waals surface area (Å²) in [6.45, 7) is 0. The van der Waals surface area contributed by atoms with Crippen molar-refractivity contribution >= 4 is 99.3 Å².